The van der Waals surface area contributed by atoms with Crippen molar-refractivity contribution >= 4 is 12.1 Å². The lowest BCUT2D eigenvalue weighted by Gasteiger charge is -2.37. The number of carbonyl (C=O) groups is 1. The van der Waals surface area contributed by atoms with Gasteiger partial charge in [0.05, 0.1) is 11.4 Å². The fourth-order valence-electron chi connectivity index (χ4n) is 3.06. The molecule has 104 valence electrons. The van der Waals surface area contributed by atoms with E-state index < -0.39 is 0 Å². The van der Waals surface area contributed by atoms with Crippen LogP contribution in [0, 0.1) is 0 Å². The molecule has 3 rings (SSSR count). The van der Waals surface area contributed by atoms with Crippen molar-refractivity contribution in [2.24, 2.45) is 0 Å². The van der Waals surface area contributed by atoms with Crippen molar-refractivity contribution in [1.29, 1.82) is 0 Å². The van der Waals surface area contributed by atoms with Gasteiger partial charge in [0, 0.05) is 18.2 Å². The van der Waals surface area contributed by atoms with Crippen molar-refractivity contribution in [3.8, 4) is 0 Å². The smallest absolute Gasteiger partial charge is 0.214 e. The average molecular weight is 261 g/mol. The van der Waals surface area contributed by atoms with Crippen molar-refractivity contribution in [2.45, 2.75) is 32.1 Å². The molecule has 0 atom stereocenters. The molecule has 0 radical (unpaired) electrons. The maximum Gasteiger partial charge on any atom is 0.214 e. The Morgan fingerprint density at radius 1 is 1.32 bits per heavy atom. The highest BCUT2D eigenvalue weighted by molar-refractivity contribution is 5.80. The first kappa shape index (κ1) is 14.0. The summed E-state index contributed by atoms with van der Waals surface area (Å²) in [5.41, 5.74) is 2.23. The van der Waals surface area contributed by atoms with Gasteiger partial charge in [-0.1, -0.05) is 13.8 Å². The van der Waals surface area contributed by atoms with Gasteiger partial charge in [0.1, 0.15) is 0 Å². The van der Waals surface area contributed by atoms with Crippen LogP contribution in [0.2, 0.25) is 0 Å². The molecule has 1 aromatic heterocycles. The quantitative estimate of drug-likeness (QED) is 0.726. The molecule has 19 heavy (non-hydrogen) atoms. The molecule has 2 aliphatic heterocycles. The zero-order chi connectivity index (χ0) is 13.9. The molecule has 1 saturated heterocycles. The minimum atomic E-state index is 0.101. The third-order valence-electron chi connectivity index (χ3n) is 4.14. The van der Waals surface area contributed by atoms with Crippen molar-refractivity contribution in [1.82, 2.24) is 9.88 Å². The van der Waals surface area contributed by atoms with E-state index in [4.69, 9.17) is 0 Å². The zero-order valence-corrected chi connectivity index (χ0v) is 12.1. The van der Waals surface area contributed by atoms with Crippen LogP contribution in [0.15, 0.2) is 18.3 Å². The molecule has 1 amide bonds. The van der Waals surface area contributed by atoms with Crippen LogP contribution in [-0.4, -0.2) is 43.0 Å². The Bertz CT molecular complexity index is 439. The molecule has 2 aliphatic rings. The van der Waals surface area contributed by atoms with Gasteiger partial charge in [-0.15, -0.1) is 0 Å². The number of nitrogens with zero attached hydrogens (tertiary/aromatic N) is 3. The Kier molecular flexibility index (Phi) is 4.20. The van der Waals surface area contributed by atoms with Crippen molar-refractivity contribution in [2.75, 3.05) is 31.6 Å². The van der Waals surface area contributed by atoms with Crippen LogP contribution in [0.1, 0.15) is 32.4 Å². The number of carbonyl (C=O) groups excluding carboxylic acids is 1. The van der Waals surface area contributed by atoms with Gasteiger partial charge in [0.2, 0.25) is 6.41 Å². The lowest BCUT2D eigenvalue weighted by Crippen LogP contribution is -2.43. The zero-order valence-electron chi connectivity index (χ0n) is 12.1. The summed E-state index contributed by atoms with van der Waals surface area (Å²) in [4.78, 5) is 19.8. The molecule has 0 aliphatic carbocycles. The van der Waals surface area contributed by atoms with Gasteiger partial charge in [-0.2, -0.15) is 0 Å². The highest BCUT2D eigenvalue weighted by Crippen LogP contribution is 2.44. The summed E-state index contributed by atoms with van der Waals surface area (Å²) in [6, 6.07) is 3.91. The molecule has 1 spiro atoms. The van der Waals surface area contributed by atoms with Crippen LogP contribution in [0.5, 0.6) is 0 Å². The summed E-state index contributed by atoms with van der Waals surface area (Å²) in [5.74, 6) is 0. The highest BCUT2D eigenvalue weighted by atomic mass is 16.1. The third kappa shape index (κ3) is 2.37. The van der Waals surface area contributed by atoms with Crippen molar-refractivity contribution < 1.29 is 4.79 Å². The van der Waals surface area contributed by atoms with Crippen LogP contribution in [-0.2, 0) is 10.2 Å². The number of anilines is 1. The monoisotopic (exact) mass is 261 g/mol. The fourth-order valence-corrected chi connectivity index (χ4v) is 3.06. The summed E-state index contributed by atoms with van der Waals surface area (Å²) in [6.45, 7) is 6.97. The molecule has 1 fully saturated rings. The number of amides is 1. The molecule has 4 heteroatoms. The number of hydrogen-bond donors (Lipinski definition) is 0. The van der Waals surface area contributed by atoms with E-state index in [1.165, 1.54) is 0 Å². The summed E-state index contributed by atoms with van der Waals surface area (Å²) in [5, 5.41) is 0. The van der Waals surface area contributed by atoms with Gasteiger partial charge in [-0.25, -0.2) is 0 Å². The van der Waals surface area contributed by atoms with Gasteiger partial charge in [0.25, 0.3) is 0 Å². The number of pyridine rings is 1. The SMILES string of the molecule is CC.CN1CCC2(CC1)CN(C=O)c1cccnc12. The molecule has 0 N–H and O–H groups in total. The second kappa shape index (κ2) is 5.70. The Morgan fingerprint density at radius 3 is 2.63 bits per heavy atom. The topological polar surface area (TPSA) is 36.4 Å². The predicted molar refractivity (Wildman–Crippen MR) is 77.4 cm³/mol. The highest BCUT2D eigenvalue weighted by Gasteiger charge is 2.45. The summed E-state index contributed by atoms with van der Waals surface area (Å²) in [6.07, 6.45) is 4.97. The Labute approximate surface area is 115 Å². The first-order valence-corrected chi connectivity index (χ1v) is 7.11. The Morgan fingerprint density at radius 2 is 2.00 bits per heavy atom. The molecule has 1 aromatic rings. The van der Waals surface area contributed by atoms with E-state index in [1.807, 2.05) is 37.1 Å². The Hall–Kier alpha value is -1.42. The number of rotatable bonds is 1. The number of likely N-dealkylation sites (tertiary alicyclic amines) is 1. The van der Waals surface area contributed by atoms with E-state index >= 15 is 0 Å². The van der Waals surface area contributed by atoms with Crippen molar-refractivity contribution in [3.63, 3.8) is 0 Å². The maximum atomic E-state index is 11.1. The van der Waals surface area contributed by atoms with Gasteiger partial charge in [0.15, 0.2) is 0 Å². The van der Waals surface area contributed by atoms with E-state index in [0.717, 1.165) is 50.3 Å². The lowest BCUT2D eigenvalue weighted by molar-refractivity contribution is -0.107. The van der Waals surface area contributed by atoms with Gasteiger partial charge >= 0.3 is 0 Å². The van der Waals surface area contributed by atoms with E-state index in [-0.39, 0.29) is 5.41 Å². The van der Waals surface area contributed by atoms with Crippen LogP contribution >= 0.6 is 0 Å². The number of hydrogen-bond acceptors (Lipinski definition) is 3. The number of aromatic nitrogens is 1. The molecule has 0 bridgehead atoms. The molecule has 0 saturated carbocycles. The molecule has 3 heterocycles. The fraction of sp³-hybridized carbons (Fsp3) is 0.600. The number of fused-ring (bicyclic) bond motifs is 2. The second-order valence-corrected chi connectivity index (χ2v) is 5.19. The van der Waals surface area contributed by atoms with Crippen LogP contribution in [0.25, 0.3) is 0 Å². The summed E-state index contributed by atoms with van der Waals surface area (Å²) in [7, 11) is 2.15. The molecule has 4 nitrogen and oxygen atoms in total. The first-order valence-electron chi connectivity index (χ1n) is 7.11. The molecular formula is C15H23N3O. The summed E-state index contributed by atoms with van der Waals surface area (Å²) >= 11 is 0. The third-order valence-corrected chi connectivity index (χ3v) is 4.14. The second-order valence-electron chi connectivity index (χ2n) is 5.19. The largest absolute Gasteiger partial charge is 0.312 e. The number of piperidine rings is 1. The summed E-state index contributed by atoms with van der Waals surface area (Å²) < 4.78 is 0. The van der Waals surface area contributed by atoms with Crippen molar-refractivity contribution in [3.05, 3.63) is 24.0 Å². The first-order chi connectivity index (χ1) is 9.25. The van der Waals surface area contributed by atoms with Crippen LogP contribution < -0.4 is 4.90 Å². The average Bonchev–Trinajstić information content (AvgIpc) is 2.79. The maximum absolute atomic E-state index is 11.1. The van der Waals surface area contributed by atoms with E-state index in [9.17, 15) is 4.79 Å². The Balaban J connectivity index is 0.000000637. The van der Waals surface area contributed by atoms with Gasteiger partial charge in [-0.05, 0) is 45.1 Å². The van der Waals surface area contributed by atoms with E-state index in [0.29, 0.717) is 0 Å². The van der Waals surface area contributed by atoms with Gasteiger partial charge < -0.3 is 9.80 Å². The molecule has 0 unspecified atom stereocenters. The predicted octanol–water partition coefficient (Wildman–Crippen LogP) is 2.05. The lowest BCUT2D eigenvalue weighted by atomic mass is 9.77. The van der Waals surface area contributed by atoms with E-state index in [2.05, 4.69) is 16.9 Å². The minimum absolute atomic E-state index is 0.101. The van der Waals surface area contributed by atoms with Crippen LogP contribution in [0.4, 0.5) is 5.69 Å². The standard InChI is InChI=1S/C13H17N3O.C2H6/c1-15-7-4-13(5-8-15)9-16(10-17)11-3-2-6-14-12(11)13;1-2/h2-3,6,10H,4-5,7-9H2,1H3;1-2H3. The van der Waals surface area contributed by atoms with Crippen LogP contribution in [0.3, 0.4) is 0 Å². The minimum Gasteiger partial charge on any atom is -0.312 e. The normalized spacial score (nSPS) is 20.7. The molecular weight excluding hydrogens is 238 g/mol. The van der Waals surface area contributed by atoms with Gasteiger partial charge in [-0.3, -0.25) is 9.78 Å². The molecule has 0 aromatic carbocycles. The van der Waals surface area contributed by atoms with E-state index in [1.54, 1.807) is 0 Å².